The van der Waals surface area contributed by atoms with Gasteiger partial charge in [0.15, 0.2) is 22.8 Å². The topological polar surface area (TPSA) is 342 Å². The number of rotatable bonds is 20. The van der Waals surface area contributed by atoms with Gasteiger partial charge in [-0.05, 0) is 206 Å². The van der Waals surface area contributed by atoms with Crippen molar-refractivity contribution in [2.45, 2.75) is 295 Å². The van der Waals surface area contributed by atoms with Gasteiger partial charge < -0.3 is 28.7 Å². The van der Waals surface area contributed by atoms with E-state index in [0.717, 1.165) is 27.7 Å². The van der Waals surface area contributed by atoms with Crippen molar-refractivity contribution in [1.82, 2.24) is 38.8 Å². The molecule has 2 aromatic carbocycles. The van der Waals surface area contributed by atoms with Crippen LogP contribution in [-0.4, -0.2) is 163 Å². The van der Waals surface area contributed by atoms with Crippen LogP contribution in [0, 0.1) is 58.2 Å². The zero-order chi connectivity index (χ0) is 86.9. The molecule has 0 bridgehead atoms. The van der Waals surface area contributed by atoms with Crippen molar-refractivity contribution in [3.8, 4) is 11.8 Å². The van der Waals surface area contributed by atoms with E-state index in [1.165, 1.54) is 19.2 Å². The molecular formula is C86H116F4N8O18S2. The standard InChI is InChI=1S/2C43H58F2N4O9S/c2*1-25(2)49-38(53)31-16-12-11-15-30(31)36(46-49)57-29-20-33-34(50)23-43(39(54)47-59(55,56)41(7)17-18-41)22-28(43)14-10-9-13-26(3)19-27(4)32(37(52)48(33)24-29)21-35(51)58-40(5,6)42(8,44)45/h2*10-12,14-16,25-29,32-33H,9,13,17-24H2,1-8H3,(H,47,54)/b2*14-10-/t26-,27+,28+,29+,32-,33-,43+;26-,27-,28-,29-,32+,33+,43-/m01/s1. The largest absolute Gasteiger partial charge is 0.471 e. The minimum absolute atomic E-state index is 0.0347. The van der Waals surface area contributed by atoms with Crippen LogP contribution in [0.2, 0.25) is 0 Å². The SMILES string of the molecule is CC(C)n1nc(O[C@@H]2C[C@H]3C(=O)C[C@]4(C(=O)NS(=O)(=O)C5(C)CC5)C[C@H]4/C=C\CC[C@@H](C)C[C@@H](C)[C@H](CC(=O)OC(C)(C)C(C)(F)F)C(=O)N3C2)c2ccccc2c1=O.CC(C)n1nc(O[C@@H]2C[C@H]3C(=O)C[C@]4(C(=O)NS(=O)(=O)C5(C)CC5)C[C@H]4/C=C\CC[C@H](C)C[C@@H](C)[C@H](CC(=O)OC(C)(C)C(C)(F)F)C(=O)N3C2)c2ccccc2c1=O. The van der Waals surface area contributed by atoms with Gasteiger partial charge in [-0.3, -0.25) is 57.4 Å². The molecule has 648 valence electrons. The van der Waals surface area contributed by atoms with E-state index < -0.39 is 183 Å². The number of fused-ring (bicyclic) bond motifs is 6. The second-order valence-corrected chi connectivity index (χ2v) is 41.7. The Morgan fingerprint density at radius 3 is 1.17 bits per heavy atom. The summed E-state index contributed by atoms with van der Waals surface area (Å²) in [5.41, 5.74) is -7.70. The van der Waals surface area contributed by atoms with Crippen LogP contribution in [0.3, 0.4) is 0 Å². The Balaban J connectivity index is 0.000000231. The first-order valence-electron chi connectivity index (χ1n) is 41.5. The number of alkyl halides is 4. The number of amides is 4. The molecule has 4 amide bonds. The lowest BCUT2D eigenvalue weighted by atomic mass is 9.82. The summed E-state index contributed by atoms with van der Waals surface area (Å²) in [6.07, 6.45) is 9.85. The Labute approximate surface area is 687 Å². The van der Waals surface area contributed by atoms with Gasteiger partial charge >= 0.3 is 11.9 Å². The Hall–Kier alpha value is -8.42. The number of nitrogens with zero attached hydrogens (tertiary/aromatic N) is 6. The van der Waals surface area contributed by atoms with Gasteiger partial charge in [-0.1, -0.05) is 76.3 Å². The number of benzene rings is 2. The lowest BCUT2D eigenvalue weighted by Gasteiger charge is -2.34. The van der Waals surface area contributed by atoms with Crippen LogP contribution in [0.15, 0.2) is 82.4 Å². The third kappa shape index (κ3) is 19.0. The molecule has 6 heterocycles. The molecule has 4 aliphatic carbocycles. The minimum Gasteiger partial charge on any atom is -0.471 e. The lowest BCUT2D eigenvalue weighted by Crippen LogP contribution is -2.49. The average molecular weight is 1690 g/mol. The number of esters is 2. The molecule has 4 saturated carbocycles. The fourth-order valence-electron chi connectivity index (χ4n) is 16.9. The Morgan fingerprint density at radius 2 is 0.856 bits per heavy atom. The minimum atomic E-state index is -4.03. The van der Waals surface area contributed by atoms with Gasteiger partial charge in [0.05, 0.1) is 104 Å². The first-order chi connectivity index (χ1) is 54.8. The number of sulfonamides is 2. The van der Waals surface area contributed by atoms with Gasteiger partial charge in [0, 0.05) is 39.5 Å². The molecule has 14 atom stereocenters. The molecule has 0 spiro atoms. The van der Waals surface area contributed by atoms with Crippen LogP contribution < -0.4 is 30.0 Å². The molecule has 118 heavy (non-hydrogen) atoms. The van der Waals surface area contributed by atoms with Crippen LogP contribution in [0.25, 0.3) is 21.5 Å². The zero-order valence-corrected chi connectivity index (χ0v) is 72.1. The number of ether oxygens (including phenoxy) is 4. The van der Waals surface area contributed by atoms with Crippen molar-refractivity contribution >= 4 is 88.7 Å². The summed E-state index contributed by atoms with van der Waals surface area (Å²) >= 11 is 0. The second-order valence-electron chi connectivity index (χ2n) is 37.4. The molecule has 8 aliphatic rings. The average Bonchev–Trinajstić information content (AvgIpc) is 1.57. The number of carbonyl (C=O) groups is 8. The fraction of sp³-hybridized carbons (Fsp3) is 0.674. The molecular weight excluding hydrogens is 1570 g/mol. The molecule has 2 saturated heterocycles. The van der Waals surface area contributed by atoms with E-state index in [1.54, 1.807) is 90.1 Å². The predicted molar refractivity (Wildman–Crippen MR) is 432 cm³/mol. The summed E-state index contributed by atoms with van der Waals surface area (Å²) in [5.74, 6) is -15.9. The molecule has 4 aliphatic heterocycles. The van der Waals surface area contributed by atoms with E-state index >= 15 is 0 Å². The van der Waals surface area contributed by atoms with E-state index in [9.17, 15) is 82.3 Å². The summed E-state index contributed by atoms with van der Waals surface area (Å²) in [6.45, 7) is 23.5. The molecule has 6 fully saturated rings. The van der Waals surface area contributed by atoms with E-state index in [0.29, 0.717) is 99.6 Å². The third-order valence-corrected chi connectivity index (χ3v) is 30.7. The third-order valence-electron chi connectivity index (χ3n) is 26.3. The summed E-state index contributed by atoms with van der Waals surface area (Å²) in [6, 6.07) is 10.6. The number of allylic oxidation sites excluding steroid dienone is 4. The highest BCUT2D eigenvalue weighted by molar-refractivity contribution is 7.92. The molecule has 0 unspecified atom stereocenters. The highest BCUT2D eigenvalue weighted by Gasteiger charge is 2.65. The number of hydrogen-bond donors (Lipinski definition) is 2. The van der Waals surface area contributed by atoms with Crippen molar-refractivity contribution < 1.29 is 91.7 Å². The summed E-state index contributed by atoms with van der Waals surface area (Å²) < 4.78 is 140. The highest BCUT2D eigenvalue weighted by atomic mass is 32.2. The van der Waals surface area contributed by atoms with E-state index in [-0.39, 0.29) is 98.4 Å². The van der Waals surface area contributed by atoms with Gasteiger partial charge in [-0.25, -0.2) is 43.8 Å². The molecule has 32 heteroatoms. The van der Waals surface area contributed by atoms with Gasteiger partial charge in [0.25, 0.3) is 23.0 Å². The number of hydrogen-bond acceptors (Lipinski definition) is 20. The predicted octanol–water partition coefficient (Wildman–Crippen LogP) is 12.6. The van der Waals surface area contributed by atoms with Crippen LogP contribution in [0.4, 0.5) is 17.6 Å². The summed E-state index contributed by atoms with van der Waals surface area (Å²) in [4.78, 5) is 144. The molecule has 12 rings (SSSR count). The van der Waals surface area contributed by atoms with Gasteiger partial charge in [-0.15, -0.1) is 10.2 Å². The first kappa shape index (κ1) is 90.3. The summed E-state index contributed by atoms with van der Waals surface area (Å²) in [5, 5.41) is 10.7. The monoisotopic (exact) mass is 1690 g/mol. The van der Waals surface area contributed by atoms with Crippen molar-refractivity contribution in [2.24, 2.45) is 58.2 Å². The van der Waals surface area contributed by atoms with E-state index in [2.05, 4.69) is 19.6 Å². The molecule has 26 nitrogen and oxygen atoms in total. The number of carbonyl (C=O) groups excluding carboxylic acids is 8. The van der Waals surface area contributed by atoms with Crippen molar-refractivity contribution in [1.29, 1.82) is 0 Å². The van der Waals surface area contributed by atoms with Crippen LogP contribution in [0.1, 0.15) is 238 Å². The maximum atomic E-state index is 15.0. The van der Waals surface area contributed by atoms with E-state index in [4.69, 9.17) is 18.9 Å². The normalized spacial score (nSPS) is 29.5. The molecule has 4 aromatic rings. The van der Waals surface area contributed by atoms with Gasteiger partial charge in [0.1, 0.15) is 12.2 Å². The number of ketones is 2. The highest BCUT2D eigenvalue weighted by Crippen LogP contribution is 2.59. The Kier molecular flexibility index (Phi) is 25.7. The maximum Gasteiger partial charge on any atom is 0.307 e. The van der Waals surface area contributed by atoms with Gasteiger partial charge in [0.2, 0.25) is 55.4 Å². The first-order valence-corrected chi connectivity index (χ1v) is 44.4. The van der Waals surface area contributed by atoms with E-state index in [1.807, 2.05) is 52.0 Å². The number of aromatic nitrogens is 4. The quantitative estimate of drug-likeness (QED) is 0.0471. The fourth-order valence-corrected chi connectivity index (χ4v) is 19.6. The number of halogens is 4. The van der Waals surface area contributed by atoms with Crippen molar-refractivity contribution in [3.05, 3.63) is 93.5 Å². The summed E-state index contributed by atoms with van der Waals surface area (Å²) in [7, 11) is -8.05. The van der Waals surface area contributed by atoms with Crippen LogP contribution in [0.5, 0.6) is 11.8 Å². The maximum absolute atomic E-state index is 15.0. The van der Waals surface area contributed by atoms with Crippen LogP contribution in [-0.2, 0) is 67.9 Å². The lowest BCUT2D eigenvalue weighted by molar-refractivity contribution is -0.197. The second kappa shape index (κ2) is 33.5. The Bertz CT molecular complexity index is 4700. The number of Topliss-reactive ketones (excluding diaryl/α,β-unsaturated/α-hetero) is 2. The molecule has 2 aromatic heterocycles. The van der Waals surface area contributed by atoms with Gasteiger partial charge in [-0.2, -0.15) is 0 Å². The number of nitrogens with one attached hydrogen (secondary N) is 2. The smallest absolute Gasteiger partial charge is 0.307 e. The molecule has 2 N–H and O–H groups in total. The van der Waals surface area contributed by atoms with Crippen molar-refractivity contribution in [3.63, 3.8) is 0 Å². The zero-order valence-electron chi connectivity index (χ0n) is 70.5. The Morgan fingerprint density at radius 1 is 0.525 bits per heavy atom. The molecule has 0 radical (unpaired) electrons. The van der Waals surface area contributed by atoms with Crippen LogP contribution >= 0.6 is 0 Å². The van der Waals surface area contributed by atoms with Crippen molar-refractivity contribution in [2.75, 3.05) is 13.1 Å².